The van der Waals surface area contributed by atoms with Gasteiger partial charge >= 0.3 is 5.97 Å². The van der Waals surface area contributed by atoms with Crippen LogP contribution >= 0.6 is 15.9 Å². The van der Waals surface area contributed by atoms with E-state index < -0.39 is 16.4 Å². The van der Waals surface area contributed by atoms with Crippen LogP contribution in [0.3, 0.4) is 0 Å². The second-order valence-electron chi connectivity index (χ2n) is 7.52. The Morgan fingerprint density at radius 2 is 1.89 bits per heavy atom. The smallest absolute Gasteiger partial charge is 0.313 e. The largest absolute Gasteiger partial charge is 0.460 e. The zero-order valence-electron chi connectivity index (χ0n) is 12.4. The molecule has 0 radical (unpaired) electrons. The van der Waals surface area contributed by atoms with Gasteiger partial charge in [0.05, 0.1) is 5.41 Å². The highest BCUT2D eigenvalue weighted by atomic mass is 79.9. The van der Waals surface area contributed by atoms with Gasteiger partial charge < -0.3 is 4.74 Å². The van der Waals surface area contributed by atoms with Crippen LogP contribution in [-0.4, -0.2) is 22.7 Å². The Bertz CT molecular complexity index is 435. The maximum atomic E-state index is 12.7. The van der Waals surface area contributed by atoms with Crippen molar-refractivity contribution in [3.8, 4) is 0 Å². The molecule has 0 N–H and O–H groups in total. The standard InChI is InChI=1S/C15H23BrO3/c1-12(2,3)19-11(18)14-6-7-15(9-16,10(17)8-14)13(14,4)5/h6-9H2,1-5H3/t14-,15+/m0/s1. The monoisotopic (exact) mass is 330 g/mol. The van der Waals surface area contributed by atoms with E-state index >= 15 is 0 Å². The molecule has 3 nitrogen and oxygen atoms in total. The quantitative estimate of drug-likeness (QED) is 0.575. The Hall–Kier alpha value is -0.380. The lowest BCUT2D eigenvalue weighted by Gasteiger charge is -2.40. The summed E-state index contributed by atoms with van der Waals surface area (Å²) in [4.78, 5) is 25.1. The molecule has 2 fully saturated rings. The minimum Gasteiger partial charge on any atom is -0.460 e. The van der Waals surface area contributed by atoms with E-state index in [0.717, 1.165) is 12.8 Å². The summed E-state index contributed by atoms with van der Waals surface area (Å²) < 4.78 is 5.61. The molecule has 2 aliphatic rings. The summed E-state index contributed by atoms with van der Waals surface area (Å²) in [5, 5.41) is 0.635. The molecule has 4 heteroatoms. The van der Waals surface area contributed by atoms with Gasteiger partial charge in [0.15, 0.2) is 0 Å². The molecule has 2 atom stereocenters. The Balaban J connectivity index is 2.41. The molecule has 0 aromatic rings. The van der Waals surface area contributed by atoms with Crippen molar-refractivity contribution in [2.45, 2.75) is 59.5 Å². The maximum Gasteiger partial charge on any atom is 0.313 e. The van der Waals surface area contributed by atoms with E-state index in [1.807, 2.05) is 20.8 Å². The van der Waals surface area contributed by atoms with Crippen molar-refractivity contribution in [1.29, 1.82) is 0 Å². The SMILES string of the molecule is CC(C)(C)OC(=O)[C@]12CC[C@@](CBr)(C(=O)C1)C2(C)C. The zero-order chi connectivity index (χ0) is 14.7. The highest BCUT2D eigenvalue weighted by molar-refractivity contribution is 9.09. The van der Waals surface area contributed by atoms with Gasteiger partial charge in [-0.3, -0.25) is 9.59 Å². The number of alkyl halides is 1. The van der Waals surface area contributed by atoms with Gasteiger partial charge in [-0.1, -0.05) is 29.8 Å². The fourth-order valence-corrected chi connectivity index (χ4v) is 5.16. The van der Waals surface area contributed by atoms with E-state index in [1.54, 1.807) is 0 Å². The average molecular weight is 331 g/mol. The summed E-state index contributed by atoms with van der Waals surface area (Å²) in [5.41, 5.74) is -1.88. The number of hydrogen-bond donors (Lipinski definition) is 0. The highest BCUT2D eigenvalue weighted by Crippen LogP contribution is 2.71. The van der Waals surface area contributed by atoms with Crippen molar-refractivity contribution in [3.63, 3.8) is 0 Å². The minimum atomic E-state index is -0.634. The number of esters is 1. The predicted molar refractivity (Wildman–Crippen MR) is 77.1 cm³/mol. The molecule has 0 heterocycles. The van der Waals surface area contributed by atoms with Gasteiger partial charge in [-0.15, -0.1) is 0 Å². The minimum absolute atomic E-state index is 0.196. The van der Waals surface area contributed by atoms with E-state index in [0.29, 0.717) is 11.8 Å². The van der Waals surface area contributed by atoms with Crippen LogP contribution in [-0.2, 0) is 14.3 Å². The van der Waals surface area contributed by atoms with Crippen LogP contribution in [0.5, 0.6) is 0 Å². The molecule has 0 aliphatic heterocycles. The zero-order valence-corrected chi connectivity index (χ0v) is 14.0. The number of Topliss-reactive ketones (excluding diaryl/α,β-unsaturated/α-hetero) is 1. The third-order valence-electron chi connectivity index (χ3n) is 5.39. The van der Waals surface area contributed by atoms with Gasteiger partial charge in [0, 0.05) is 17.2 Å². The molecule has 0 saturated heterocycles. The Morgan fingerprint density at radius 3 is 2.26 bits per heavy atom. The second kappa shape index (κ2) is 4.06. The number of rotatable bonds is 2. The van der Waals surface area contributed by atoms with Crippen molar-refractivity contribution in [2.24, 2.45) is 16.2 Å². The number of ketones is 1. The summed E-state index contributed by atoms with van der Waals surface area (Å²) in [6, 6.07) is 0. The van der Waals surface area contributed by atoms with E-state index in [4.69, 9.17) is 4.74 Å². The number of fused-ring (bicyclic) bond motifs is 2. The molecule has 2 saturated carbocycles. The van der Waals surface area contributed by atoms with Crippen LogP contribution in [0.4, 0.5) is 0 Å². The van der Waals surface area contributed by atoms with Crippen molar-refractivity contribution < 1.29 is 14.3 Å². The first-order chi connectivity index (χ1) is 8.52. The van der Waals surface area contributed by atoms with Crippen molar-refractivity contribution >= 4 is 27.7 Å². The van der Waals surface area contributed by atoms with Gasteiger partial charge in [0.25, 0.3) is 0 Å². The highest BCUT2D eigenvalue weighted by Gasteiger charge is 2.74. The fraction of sp³-hybridized carbons (Fsp3) is 0.867. The molecule has 108 valence electrons. The van der Waals surface area contributed by atoms with Crippen LogP contribution in [0, 0.1) is 16.2 Å². The van der Waals surface area contributed by atoms with E-state index in [9.17, 15) is 9.59 Å². The summed E-state index contributed by atoms with van der Waals surface area (Å²) >= 11 is 3.50. The summed E-state index contributed by atoms with van der Waals surface area (Å²) in [6.07, 6.45) is 1.87. The molecule has 0 aromatic heterocycles. The van der Waals surface area contributed by atoms with Crippen LogP contribution < -0.4 is 0 Å². The molecule has 19 heavy (non-hydrogen) atoms. The van der Waals surface area contributed by atoms with Crippen molar-refractivity contribution in [2.75, 3.05) is 5.33 Å². The van der Waals surface area contributed by atoms with Gasteiger partial charge in [-0.2, -0.15) is 0 Å². The Kier molecular flexibility index (Phi) is 3.21. The predicted octanol–water partition coefficient (Wildman–Crippen LogP) is 3.49. The summed E-state index contributed by atoms with van der Waals surface area (Å²) in [5.74, 6) is 0.0187. The molecule has 2 aliphatic carbocycles. The second-order valence-corrected chi connectivity index (χ2v) is 8.09. The first-order valence-corrected chi connectivity index (χ1v) is 7.97. The lowest BCUT2D eigenvalue weighted by Crippen LogP contribution is -2.45. The summed E-state index contributed by atoms with van der Waals surface area (Å²) in [7, 11) is 0. The molecule has 2 bridgehead atoms. The van der Waals surface area contributed by atoms with Crippen LogP contribution in [0.2, 0.25) is 0 Å². The number of ether oxygens (including phenoxy) is 1. The Morgan fingerprint density at radius 1 is 1.32 bits per heavy atom. The number of carbonyl (C=O) groups excluding carboxylic acids is 2. The normalized spacial score (nSPS) is 36.6. The molecule has 0 spiro atoms. The van der Waals surface area contributed by atoms with Gasteiger partial charge in [0.2, 0.25) is 0 Å². The molecular formula is C15H23BrO3. The average Bonchev–Trinajstić information content (AvgIpc) is 2.57. The van der Waals surface area contributed by atoms with Gasteiger partial charge in [-0.05, 0) is 39.0 Å². The molecule has 0 amide bonds. The van der Waals surface area contributed by atoms with Crippen molar-refractivity contribution in [3.05, 3.63) is 0 Å². The molecule has 2 rings (SSSR count). The van der Waals surface area contributed by atoms with Gasteiger partial charge in [-0.25, -0.2) is 0 Å². The first kappa shape index (κ1) is 15.0. The van der Waals surface area contributed by atoms with Gasteiger partial charge in [0.1, 0.15) is 11.4 Å². The van der Waals surface area contributed by atoms with Crippen LogP contribution in [0.25, 0.3) is 0 Å². The molecular weight excluding hydrogens is 308 g/mol. The third-order valence-corrected chi connectivity index (χ3v) is 6.34. The van der Waals surface area contributed by atoms with E-state index in [2.05, 4.69) is 29.8 Å². The third kappa shape index (κ3) is 1.75. The number of hydrogen-bond acceptors (Lipinski definition) is 3. The number of halogens is 1. The van der Waals surface area contributed by atoms with E-state index in [-0.39, 0.29) is 17.2 Å². The first-order valence-electron chi connectivity index (χ1n) is 6.85. The Labute approximate surface area is 123 Å². The lowest BCUT2D eigenvalue weighted by molar-refractivity contribution is -0.173. The molecule has 0 aromatic carbocycles. The lowest BCUT2D eigenvalue weighted by atomic mass is 9.65. The maximum absolute atomic E-state index is 12.7. The topological polar surface area (TPSA) is 43.4 Å². The summed E-state index contributed by atoms with van der Waals surface area (Å²) in [6.45, 7) is 9.72. The fourth-order valence-electron chi connectivity index (χ4n) is 3.86. The van der Waals surface area contributed by atoms with Crippen LogP contribution in [0.1, 0.15) is 53.9 Å². The number of carbonyl (C=O) groups is 2. The molecule has 0 unspecified atom stereocenters. The van der Waals surface area contributed by atoms with Crippen molar-refractivity contribution in [1.82, 2.24) is 0 Å². The van der Waals surface area contributed by atoms with E-state index in [1.165, 1.54) is 0 Å². The van der Waals surface area contributed by atoms with Crippen LogP contribution in [0.15, 0.2) is 0 Å².